The summed E-state index contributed by atoms with van der Waals surface area (Å²) in [6.45, 7) is 2.12. The zero-order chi connectivity index (χ0) is 24.5. The Labute approximate surface area is 195 Å². The zero-order valence-electron chi connectivity index (χ0n) is 18.3. The molecule has 0 aliphatic carbocycles. The Kier molecular flexibility index (Phi) is 6.36. The van der Waals surface area contributed by atoms with Gasteiger partial charge in [0.1, 0.15) is 17.1 Å². The largest absolute Gasteiger partial charge is 0.388 e. The van der Waals surface area contributed by atoms with Crippen LogP contribution in [0, 0.1) is 15.9 Å². The summed E-state index contributed by atoms with van der Waals surface area (Å²) in [6.07, 6.45) is 0.952. The molecule has 10 nitrogen and oxygen atoms in total. The lowest BCUT2D eigenvalue weighted by Gasteiger charge is -2.36. The van der Waals surface area contributed by atoms with Gasteiger partial charge in [-0.1, -0.05) is 17.3 Å². The van der Waals surface area contributed by atoms with E-state index < -0.39 is 38.3 Å². The number of carbonyl (C=O) groups is 1. The zero-order valence-corrected chi connectivity index (χ0v) is 19.1. The van der Waals surface area contributed by atoms with Crippen LogP contribution in [0.25, 0.3) is 0 Å². The molecule has 2 aliphatic heterocycles. The molecule has 0 bridgehead atoms. The molecule has 34 heavy (non-hydrogen) atoms. The number of carbonyl (C=O) groups excluding carboxylic acids is 1. The Balaban J connectivity index is 1.33. The maximum absolute atomic E-state index is 13.1. The number of halogens is 1. The Hall–Kier alpha value is -3.38. The fourth-order valence-corrected chi connectivity index (χ4v) is 5.49. The number of rotatable bonds is 6. The van der Waals surface area contributed by atoms with Gasteiger partial charge in [-0.3, -0.25) is 14.9 Å². The Bertz CT molecular complexity index is 1220. The van der Waals surface area contributed by atoms with E-state index in [0.717, 1.165) is 12.1 Å². The number of nitrogens with one attached hydrogen (secondary N) is 1. The third-order valence-electron chi connectivity index (χ3n) is 6.14. The van der Waals surface area contributed by atoms with Gasteiger partial charge >= 0.3 is 0 Å². The number of nitrogens with zero attached hydrogens (tertiary/aromatic N) is 3. The first-order valence-electron chi connectivity index (χ1n) is 10.7. The lowest BCUT2D eigenvalue weighted by molar-refractivity contribution is -0.384. The maximum atomic E-state index is 13.1. The molecule has 2 heterocycles. The van der Waals surface area contributed by atoms with Gasteiger partial charge in [0.05, 0.1) is 15.9 Å². The van der Waals surface area contributed by atoms with Crippen LogP contribution in [0.3, 0.4) is 0 Å². The fraction of sp³-hybridized carbons (Fsp3) is 0.364. The summed E-state index contributed by atoms with van der Waals surface area (Å²) in [5.74, 6) is -0.925. The molecule has 1 spiro atoms. The second-order valence-corrected chi connectivity index (χ2v) is 10.3. The first kappa shape index (κ1) is 23.8. The minimum atomic E-state index is -3.76. The van der Waals surface area contributed by atoms with Crippen molar-refractivity contribution in [3.8, 4) is 0 Å². The van der Waals surface area contributed by atoms with Crippen LogP contribution in [0.5, 0.6) is 0 Å². The number of non-ortho nitro benzene ring substituents is 1. The van der Waals surface area contributed by atoms with Crippen LogP contribution in [0.2, 0.25) is 0 Å². The number of hydrogen-bond acceptors (Lipinski definition) is 7. The highest BCUT2D eigenvalue weighted by molar-refractivity contribution is 7.89. The molecule has 2 aromatic carbocycles. The number of benzene rings is 2. The summed E-state index contributed by atoms with van der Waals surface area (Å²) in [5.41, 5.74) is 0.125. The average molecular weight is 491 g/mol. The van der Waals surface area contributed by atoms with Crippen molar-refractivity contribution in [3.05, 3.63) is 70.0 Å². The predicted molar refractivity (Wildman–Crippen MR) is 120 cm³/mol. The van der Waals surface area contributed by atoms with E-state index in [0.29, 0.717) is 18.4 Å². The first-order valence-corrected chi connectivity index (χ1v) is 12.1. The van der Waals surface area contributed by atoms with Gasteiger partial charge in [-0.2, -0.15) is 4.31 Å². The van der Waals surface area contributed by atoms with E-state index in [1.807, 2.05) is 0 Å². The van der Waals surface area contributed by atoms with Gasteiger partial charge in [0.2, 0.25) is 10.0 Å². The number of nitro groups is 1. The molecule has 180 valence electrons. The molecular formula is C22H23FN4O6S. The normalized spacial score (nSPS) is 18.7. The van der Waals surface area contributed by atoms with Gasteiger partial charge in [-0.05, 0) is 36.8 Å². The van der Waals surface area contributed by atoms with Crippen LogP contribution in [0.1, 0.15) is 37.8 Å². The SMILES string of the molecule is CC(NC(=O)C1=NOC2(CCN(S(=O)(=O)c3ccc(F)cc3)CC2)C1)c1ccc([N+](=O)[O-])cc1. The third kappa shape index (κ3) is 4.77. The molecule has 2 aromatic rings. The summed E-state index contributed by atoms with van der Waals surface area (Å²) in [7, 11) is -3.76. The summed E-state index contributed by atoms with van der Waals surface area (Å²) in [6, 6.07) is 10.2. The Morgan fingerprint density at radius 1 is 1.18 bits per heavy atom. The van der Waals surface area contributed by atoms with E-state index in [4.69, 9.17) is 4.84 Å². The van der Waals surface area contributed by atoms with Gasteiger partial charge < -0.3 is 10.2 Å². The molecule has 1 saturated heterocycles. The summed E-state index contributed by atoms with van der Waals surface area (Å²) in [4.78, 5) is 28.6. The van der Waals surface area contributed by atoms with Crippen molar-refractivity contribution in [2.75, 3.05) is 13.1 Å². The molecule has 1 fully saturated rings. The van der Waals surface area contributed by atoms with Crippen LogP contribution in [0.4, 0.5) is 10.1 Å². The van der Waals surface area contributed by atoms with Crippen LogP contribution in [-0.4, -0.2) is 48.0 Å². The van der Waals surface area contributed by atoms with E-state index in [1.165, 1.54) is 28.6 Å². The van der Waals surface area contributed by atoms with E-state index in [1.54, 1.807) is 19.1 Å². The van der Waals surface area contributed by atoms with E-state index >= 15 is 0 Å². The summed E-state index contributed by atoms with van der Waals surface area (Å²) < 4.78 is 40.1. The smallest absolute Gasteiger partial charge is 0.269 e. The van der Waals surface area contributed by atoms with E-state index in [2.05, 4.69) is 10.5 Å². The topological polar surface area (TPSA) is 131 Å². The minimum Gasteiger partial charge on any atom is -0.388 e. The van der Waals surface area contributed by atoms with Crippen LogP contribution < -0.4 is 5.32 Å². The van der Waals surface area contributed by atoms with Crippen molar-refractivity contribution in [2.45, 2.75) is 42.7 Å². The third-order valence-corrected chi connectivity index (χ3v) is 8.05. The standard InChI is InChI=1S/C22H23FN4O6S/c1-15(16-2-6-18(7-3-16)27(29)30)24-21(28)20-14-22(33-25-20)10-12-26(13-11-22)34(31,32)19-8-4-17(23)5-9-19/h2-9,15H,10-14H2,1H3,(H,24,28). The second-order valence-electron chi connectivity index (χ2n) is 8.39. The molecule has 0 aromatic heterocycles. The number of amides is 1. The highest BCUT2D eigenvalue weighted by atomic mass is 32.2. The molecule has 1 N–H and O–H groups in total. The van der Waals surface area contributed by atoms with Gasteiger partial charge in [0.15, 0.2) is 0 Å². The predicted octanol–water partition coefficient (Wildman–Crippen LogP) is 2.91. The first-order chi connectivity index (χ1) is 16.1. The molecule has 2 aliphatic rings. The van der Waals surface area contributed by atoms with Crippen LogP contribution in [0.15, 0.2) is 58.6 Å². The van der Waals surface area contributed by atoms with Gasteiger partial charge in [-0.25, -0.2) is 12.8 Å². The van der Waals surface area contributed by atoms with Crippen LogP contribution >= 0.6 is 0 Å². The van der Waals surface area contributed by atoms with E-state index in [-0.39, 0.29) is 35.8 Å². The molecule has 4 rings (SSSR count). The lowest BCUT2D eigenvalue weighted by Crippen LogP contribution is -2.47. The Morgan fingerprint density at radius 2 is 1.79 bits per heavy atom. The van der Waals surface area contributed by atoms with Gasteiger partial charge in [0, 0.05) is 44.5 Å². The highest BCUT2D eigenvalue weighted by Crippen LogP contribution is 2.36. The highest BCUT2D eigenvalue weighted by Gasteiger charge is 2.46. The summed E-state index contributed by atoms with van der Waals surface area (Å²) >= 11 is 0. The second kappa shape index (κ2) is 9.11. The molecule has 12 heteroatoms. The van der Waals surface area contributed by atoms with Gasteiger partial charge in [0.25, 0.3) is 11.6 Å². The number of nitro benzene ring substituents is 1. The number of piperidine rings is 1. The number of sulfonamides is 1. The average Bonchev–Trinajstić information content (AvgIpc) is 3.23. The van der Waals surface area contributed by atoms with Crippen molar-refractivity contribution in [3.63, 3.8) is 0 Å². The molecule has 1 amide bonds. The lowest BCUT2D eigenvalue weighted by atomic mass is 9.87. The molecular weight excluding hydrogens is 467 g/mol. The van der Waals surface area contributed by atoms with Crippen molar-refractivity contribution >= 4 is 27.3 Å². The molecule has 0 saturated carbocycles. The van der Waals surface area contributed by atoms with Crippen molar-refractivity contribution < 1.29 is 27.4 Å². The molecule has 0 radical (unpaired) electrons. The maximum Gasteiger partial charge on any atom is 0.269 e. The number of hydrogen-bond donors (Lipinski definition) is 1. The van der Waals surface area contributed by atoms with Gasteiger partial charge in [-0.15, -0.1) is 0 Å². The number of oxime groups is 1. The van der Waals surface area contributed by atoms with Crippen molar-refractivity contribution in [2.24, 2.45) is 5.16 Å². The molecule has 1 atom stereocenters. The fourth-order valence-electron chi connectivity index (χ4n) is 4.05. The van der Waals surface area contributed by atoms with E-state index in [9.17, 15) is 27.7 Å². The van der Waals surface area contributed by atoms with Crippen LogP contribution in [-0.2, 0) is 19.7 Å². The monoisotopic (exact) mass is 490 g/mol. The van der Waals surface area contributed by atoms with Crippen molar-refractivity contribution in [1.29, 1.82) is 0 Å². The quantitative estimate of drug-likeness (QED) is 0.489. The summed E-state index contributed by atoms with van der Waals surface area (Å²) in [5, 5.41) is 17.6. The molecule has 1 unspecified atom stereocenters. The Morgan fingerprint density at radius 3 is 2.38 bits per heavy atom. The minimum absolute atomic E-state index is 0.0220. The van der Waals surface area contributed by atoms with Crippen molar-refractivity contribution in [1.82, 2.24) is 9.62 Å².